The van der Waals surface area contributed by atoms with Crippen molar-refractivity contribution < 1.29 is 18.0 Å². The molecule has 0 aliphatic carbocycles. The summed E-state index contributed by atoms with van der Waals surface area (Å²) in [7, 11) is 0. The van der Waals surface area contributed by atoms with Crippen molar-refractivity contribution in [3.63, 3.8) is 0 Å². The highest BCUT2D eigenvalue weighted by molar-refractivity contribution is 5.99. The molecule has 0 aliphatic rings. The maximum atomic E-state index is 12.6. The molecule has 0 radical (unpaired) electrons. The molecule has 0 unspecified atom stereocenters. The number of aromatic nitrogens is 1. The van der Waals surface area contributed by atoms with E-state index in [-0.39, 0.29) is 12.1 Å². The van der Waals surface area contributed by atoms with Crippen LogP contribution in [0.5, 0.6) is 0 Å². The zero-order valence-electron chi connectivity index (χ0n) is 12.4. The molecule has 0 saturated carbocycles. The lowest BCUT2D eigenvalue weighted by atomic mass is 10.1. The van der Waals surface area contributed by atoms with Crippen LogP contribution < -0.4 is 5.32 Å². The minimum absolute atomic E-state index is 0.0534. The molecule has 1 aromatic heterocycles. The largest absolute Gasteiger partial charge is 0.406 e. The summed E-state index contributed by atoms with van der Waals surface area (Å²) in [6, 6.07) is 1.66. The minimum Gasteiger partial charge on any atom is -0.385 e. The summed E-state index contributed by atoms with van der Waals surface area (Å²) in [5.41, 5.74) is 1.37. The van der Waals surface area contributed by atoms with Crippen molar-refractivity contribution in [2.24, 2.45) is 0 Å². The number of pyridine rings is 1. The molecule has 1 amide bonds. The second-order valence-corrected chi connectivity index (χ2v) is 4.74. The number of halogens is 3. The molecule has 118 valence electrons. The van der Waals surface area contributed by atoms with Crippen LogP contribution >= 0.6 is 0 Å². The van der Waals surface area contributed by atoms with Gasteiger partial charge < -0.3 is 10.2 Å². The normalized spacial score (nSPS) is 11.3. The van der Waals surface area contributed by atoms with Crippen LogP contribution in [-0.4, -0.2) is 41.6 Å². The van der Waals surface area contributed by atoms with Crippen LogP contribution in [0.1, 0.15) is 36.3 Å². The Morgan fingerprint density at radius 2 is 2.05 bits per heavy atom. The molecule has 4 nitrogen and oxygen atoms in total. The molecule has 21 heavy (non-hydrogen) atoms. The van der Waals surface area contributed by atoms with Gasteiger partial charge >= 0.3 is 6.18 Å². The van der Waals surface area contributed by atoms with E-state index in [4.69, 9.17) is 0 Å². The van der Waals surface area contributed by atoms with Gasteiger partial charge in [0.25, 0.3) is 5.91 Å². The molecule has 7 heteroatoms. The Labute approximate surface area is 122 Å². The number of hydrogen-bond donors (Lipinski definition) is 1. The van der Waals surface area contributed by atoms with E-state index in [0.717, 1.165) is 4.90 Å². The Morgan fingerprint density at radius 3 is 2.57 bits per heavy atom. The smallest absolute Gasteiger partial charge is 0.385 e. The van der Waals surface area contributed by atoms with Gasteiger partial charge in [-0.1, -0.05) is 6.92 Å². The summed E-state index contributed by atoms with van der Waals surface area (Å²) in [4.78, 5) is 17.2. The van der Waals surface area contributed by atoms with Gasteiger partial charge in [-0.25, -0.2) is 0 Å². The fourth-order valence-electron chi connectivity index (χ4n) is 1.98. The van der Waals surface area contributed by atoms with Gasteiger partial charge in [0.2, 0.25) is 0 Å². The van der Waals surface area contributed by atoms with Gasteiger partial charge in [-0.3, -0.25) is 9.78 Å². The Hall–Kier alpha value is -1.79. The zero-order valence-corrected chi connectivity index (χ0v) is 12.4. The monoisotopic (exact) mass is 303 g/mol. The lowest BCUT2D eigenvalue weighted by molar-refractivity contribution is -0.140. The van der Waals surface area contributed by atoms with Crippen LogP contribution in [0.3, 0.4) is 0 Å². The van der Waals surface area contributed by atoms with Crippen molar-refractivity contribution in [1.29, 1.82) is 0 Å². The number of nitrogens with zero attached hydrogens (tertiary/aromatic N) is 2. The quantitative estimate of drug-likeness (QED) is 0.877. The van der Waals surface area contributed by atoms with E-state index in [1.54, 1.807) is 19.9 Å². The maximum absolute atomic E-state index is 12.6. The third-order valence-electron chi connectivity index (χ3n) is 2.79. The molecule has 1 heterocycles. The first kappa shape index (κ1) is 17.3. The van der Waals surface area contributed by atoms with E-state index in [2.05, 4.69) is 10.3 Å². The molecule has 1 rings (SSSR count). The fourth-order valence-corrected chi connectivity index (χ4v) is 1.98. The van der Waals surface area contributed by atoms with Crippen LogP contribution in [0.4, 0.5) is 18.9 Å². The number of aryl methyl sites for hydroxylation is 1. The van der Waals surface area contributed by atoms with Crippen molar-refractivity contribution in [3.05, 3.63) is 23.5 Å². The van der Waals surface area contributed by atoms with Crippen LogP contribution in [0.2, 0.25) is 0 Å². The average Bonchev–Trinajstić information content (AvgIpc) is 2.36. The highest BCUT2D eigenvalue weighted by atomic mass is 19.4. The number of rotatable bonds is 6. The van der Waals surface area contributed by atoms with Gasteiger partial charge in [0.15, 0.2) is 0 Å². The fraction of sp³-hybridized carbons (Fsp3) is 0.571. The number of amides is 1. The first-order valence-electron chi connectivity index (χ1n) is 6.85. The van der Waals surface area contributed by atoms with Gasteiger partial charge in [0.1, 0.15) is 6.54 Å². The standard InChI is InChI=1S/C14H20F3N3O/c1-4-6-20(9-14(15,16)17)13(21)11-8-19-10(3)7-12(11)18-5-2/h7-8H,4-6,9H2,1-3H3,(H,18,19). The van der Waals surface area contributed by atoms with Gasteiger partial charge in [0.05, 0.1) is 11.3 Å². The predicted octanol–water partition coefficient (Wildman–Crippen LogP) is 3.24. The van der Waals surface area contributed by atoms with E-state index in [0.29, 0.717) is 24.3 Å². The van der Waals surface area contributed by atoms with Crippen molar-refractivity contribution in [2.75, 3.05) is 25.0 Å². The van der Waals surface area contributed by atoms with Crippen LogP contribution in [0.15, 0.2) is 12.3 Å². The maximum Gasteiger partial charge on any atom is 0.406 e. The Morgan fingerprint density at radius 1 is 1.38 bits per heavy atom. The first-order valence-corrected chi connectivity index (χ1v) is 6.85. The van der Waals surface area contributed by atoms with E-state index in [1.807, 2.05) is 6.92 Å². The molecule has 0 bridgehead atoms. The van der Waals surface area contributed by atoms with Crippen LogP contribution in [0.25, 0.3) is 0 Å². The Balaban J connectivity index is 3.08. The molecule has 0 fully saturated rings. The van der Waals surface area contributed by atoms with E-state index in [9.17, 15) is 18.0 Å². The molecular weight excluding hydrogens is 283 g/mol. The number of carbonyl (C=O) groups is 1. The third-order valence-corrected chi connectivity index (χ3v) is 2.79. The number of carbonyl (C=O) groups excluding carboxylic acids is 1. The lowest BCUT2D eigenvalue weighted by Crippen LogP contribution is -2.39. The molecule has 1 N–H and O–H groups in total. The number of hydrogen-bond acceptors (Lipinski definition) is 3. The lowest BCUT2D eigenvalue weighted by Gasteiger charge is -2.24. The Kier molecular flexibility index (Phi) is 5.99. The predicted molar refractivity (Wildman–Crippen MR) is 75.4 cm³/mol. The molecular formula is C14H20F3N3O. The summed E-state index contributed by atoms with van der Waals surface area (Å²) >= 11 is 0. The third kappa shape index (κ3) is 5.24. The van der Waals surface area contributed by atoms with Gasteiger partial charge in [0, 0.05) is 25.0 Å². The number of alkyl halides is 3. The SMILES string of the molecule is CCCN(CC(F)(F)F)C(=O)c1cnc(C)cc1NCC. The van der Waals surface area contributed by atoms with Crippen LogP contribution in [0, 0.1) is 6.92 Å². The zero-order chi connectivity index (χ0) is 16.0. The Bertz CT molecular complexity index is 489. The van der Waals surface area contributed by atoms with Gasteiger partial charge in [-0.15, -0.1) is 0 Å². The first-order chi connectivity index (χ1) is 9.78. The van der Waals surface area contributed by atoms with Gasteiger partial charge in [-0.05, 0) is 26.3 Å². The van der Waals surface area contributed by atoms with Crippen molar-refractivity contribution >= 4 is 11.6 Å². The molecule has 0 atom stereocenters. The molecule has 0 aliphatic heterocycles. The second-order valence-electron chi connectivity index (χ2n) is 4.74. The minimum atomic E-state index is -4.42. The number of nitrogens with one attached hydrogen (secondary N) is 1. The van der Waals surface area contributed by atoms with Crippen molar-refractivity contribution in [1.82, 2.24) is 9.88 Å². The summed E-state index contributed by atoms with van der Waals surface area (Å²) < 4.78 is 37.8. The van der Waals surface area contributed by atoms with Crippen molar-refractivity contribution in [2.45, 2.75) is 33.4 Å². The van der Waals surface area contributed by atoms with Crippen molar-refractivity contribution in [3.8, 4) is 0 Å². The second kappa shape index (κ2) is 7.28. The molecule has 0 spiro atoms. The summed E-state index contributed by atoms with van der Waals surface area (Å²) in [5.74, 6) is -0.655. The van der Waals surface area contributed by atoms with E-state index < -0.39 is 18.6 Å². The van der Waals surface area contributed by atoms with E-state index in [1.165, 1.54) is 6.20 Å². The topological polar surface area (TPSA) is 45.2 Å². The summed E-state index contributed by atoms with van der Waals surface area (Å²) in [6.07, 6.45) is -2.63. The van der Waals surface area contributed by atoms with Gasteiger partial charge in [-0.2, -0.15) is 13.2 Å². The summed E-state index contributed by atoms with van der Waals surface area (Å²) in [6.45, 7) is 4.71. The van der Waals surface area contributed by atoms with E-state index >= 15 is 0 Å². The summed E-state index contributed by atoms with van der Waals surface area (Å²) in [5, 5.41) is 2.99. The average molecular weight is 303 g/mol. The molecule has 1 aromatic rings. The molecule has 0 saturated heterocycles. The number of anilines is 1. The molecule has 0 aromatic carbocycles. The van der Waals surface area contributed by atoms with Crippen LogP contribution in [-0.2, 0) is 0 Å². The highest BCUT2D eigenvalue weighted by Crippen LogP contribution is 2.22. The highest BCUT2D eigenvalue weighted by Gasteiger charge is 2.33.